The molecule has 0 spiro atoms. The highest BCUT2D eigenvalue weighted by Crippen LogP contribution is 2.31. The first-order valence-electron chi connectivity index (χ1n) is 16.8. The Kier molecular flexibility index (Phi) is 10.9. The van der Waals surface area contributed by atoms with Gasteiger partial charge in [-0.1, -0.05) is 72.8 Å². The summed E-state index contributed by atoms with van der Waals surface area (Å²) in [5, 5.41) is 0.874. The second-order valence-corrected chi connectivity index (χ2v) is 12.1. The van der Waals surface area contributed by atoms with Crippen LogP contribution in [0, 0.1) is 6.92 Å². The van der Waals surface area contributed by atoms with Crippen LogP contribution in [0.4, 0.5) is 0 Å². The van der Waals surface area contributed by atoms with E-state index in [2.05, 4.69) is 75.0 Å². The zero-order valence-electron chi connectivity index (χ0n) is 27.6. The Morgan fingerprint density at radius 1 is 0.702 bits per heavy atom. The van der Waals surface area contributed by atoms with Crippen molar-refractivity contribution in [1.82, 2.24) is 14.4 Å². The second kappa shape index (κ2) is 15.8. The van der Waals surface area contributed by atoms with Crippen LogP contribution in [-0.4, -0.2) is 79.4 Å². The first-order chi connectivity index (χ1) is 23.1. The Hall–Kier alpha value is -4.59. The third-order valence-corrected chi connectivity index (χ3v) is 8.93. The average molecular weight is 632 g/mol. The first kappa shape index (κ1) is 32.4. The number of ether oxygens (including phenoxy) is 3. The molecule has 2 heterocycles. The van der Waals surface area contributed by atoms with Gasteiger partial charge in [-0.3, -0.25) is 4.90 Å². The van der Waals surface area contributed by atoms with Crippen LogP contribution >= 0.6 is 0 Å². The van der Waals surface area contributed by atoms with Crippen molar-refractivity contribution in [1.29, 1.82) is 0 Å². The van der Waals surface area contributed by atoms with Crippen molar-refractivity contribution >= 4 is 16.9 Å². The number of nitrogens with zero attached hydrogens (tertiary/aromatic N) is 3. The van der Waals surface area contributed by atoms with Gasteiger partial charge in [-0.15, -0.1) is 0 Å². The number of fused-ring (bicyclic) bond motifs is 1. The molecule has 0 radical (unpaired) electrons. The van der Waals surface area contributed by atoms with Crippen LogP contribution in [-0.2, 0) is 11.3 Å². The van der Waals surface area contributed by atoms with Gasteiger partial charge in [0.1, 0.15) is 18.1 Å². The lowest BCUT2D eigenvalue weighted by Crippen LogP contribution is -2.47. The SMILES string of the molecule is CCOC(=O)c1c(C)n(Cc2ccccc2)c2ccc(OCCCN3CCN(CCOc4cccc(-c5ccccc5)c4)CC3)cc12. The van der Waals surface area contributed by atoms with E-state index in [0.29, 0.717) is 31.9 Å². The van der Waals surface area contributed by atoms with Gasteiger partial charge in [0.05, 0.1) is 18.8 Å². The summed E-state index contributed by atoms with van der Waals surface area (Å²) < 4.78 is 20.0. The molecule has 1 fully saturated rings. The number of rotatable bonds is 14. The van der Waals surface area contributed by atoms with Gasteiger partial charge in [0.2, 0.25) is 0 Å². The van der Waals surface area contributed by atoms with Crippen LogP contribution in [0.1, 0.15) is 35.0 Å². The zero-order chi connectivity index (χ0) is 32.4. The highest BCUT2D eigenvalue weighted by atomic mass is 16.5. The predicted octanol–water partition coefficient (Wildman–Crippen LogP) is 7.31. The number of hydrogen-bond acceptors (Lipinski definition) is 6. The lowest BCUT2D eigenvalue weighted by molar-refractivity contribution is 0.0527. The van der Waals surface area contributed by atoms with Gasteiger partial charge in [-0.2, -0.15) is 0 Å². The molecule has 7 nitrogen and oxygen atoms in total. The molecular formula is C40H45N3O4. The van der Waals surface area contributed by atoms with Crippen molar-refractivity contribution in [2.75, 3.05) is 59.1 Å². The van der Waals surface area contributed by atoms with Crippen LogP contribution in [0.2, 0.25) is 0 Å². The number of carbonyl (C=O) groups is 1. The van der Waals surface area contributed by atoms with E-state index < -0.39 is 0 Å². The Balaban J connectivity index is 0.960. The van der Waals surface area contributed by atoms with Crippen LogP contribution in [0.5, 0.6) is 11.5 Å². The van der Waals surface area contributed by atoms with Gasteiger partial charge >= 0.3 is 5.97 Å². The van der Waals surface area contributed by atoms with Gasteiger partial charge in [-0.25, -0.2) is 4.79 Å². The van der Waals surface area contributed by atoms with Gasteiger partial charge in [0.15, 0.2) is 0 Å². The van der Waals surface area contributed by atoms with E-state index in [1.54, 1.807) is 0 Å². The maximum absolute atomic E-state index is 13.0. The van der Waals surface area contributed by atoms with Crippen LogP contribution < -0.4 is 9.47 Å². The summed E-state index contributed by atoms with van der Waals surface area (Å²) in [6.45, 7) is 12.3. The molecule has 47 heavy (non-hydrogen) atoms. The molecule has 1 saturated heterocycles. The van der Waals surface area contributed by atoms with E-state index in [9.17, 15) is 4.79 Å². The maximum Gasteiger partial charge on any atom is 0.340 e. The lowest BCUT2D eigenvalue weighted by Gasteiger charge is -2.34. The first-order valence-corrected chi connectivity index (χ1v) is 16.8. The largest absolute Gasteiger partial charge is 0.494 e. The van der Waals surface area contributed by atoms with Crippen molar-refractivity contribution in [2.24, 2.45) is 0 Å². The third-order valence-electron chi connectivity index (χ3n) is 8.93. The highest BCUT2D eigenvalue weighted by molar-refractivity contribution is 6.06. The predicted molar refractivity (Wildman–Crippen MR) is 189 cm³/mol. The van der Waals surface area contributed by atoms with Crippen molar-refractivity contribution in [3.63, 3.8) is 0 Å². The Morgan fingerprint density at radius 2 is 1.36 bits per heavy atom. The quantitative estimate of drug-likeness (QED) is 0.0947. The molecule has 1 aliphatic heterocycles. The number of esters is 1. The topological polar surface area (TPSA) is 56.2 Å². The van der Waals surface area contributed by atoms with E-state index in [-0.39, 0.29) is 5.97 Å². The molecule has 244 valence electrons. The minimum atomic E-state index is -0.290. The summed E-state index contributed by atoms with van der Waals surface area (Å²) in [5.74, 6) is 1.40. The molecule has 4 aromatic carbocycles. The molecule has 0 aliphatic carbocycles. The molecular weight excluding hydrogens is 586 g/mol. The zero-order valence-corrected chi connectivity index (χ0v) is 27.6. The van der Waals surface area contributed by atoms with Crippen LogP contribution in [0.25, 0.3) is 22.0 Å². The van der Waals surface area contributed by atoms with E-state index in [1.165, 1.54) is 16.7 Å². The lowest BCUT2D eigenvalue weighted by atomic mass is 10.1. The van der Waals surface area contributed by atoms with E-state index in [0.717, 1.165) is 73.8 Å². The molecule has 0 atom stereocenters. The highest BCUT2D eigenvalue weighted by Gasteiger charge is 2.22. The third kappa shape index (κ3) is 8.23. The fraction of sp³-hybridized carbons (Fsp3) is 0.325. The van der Waals surface area contributed by atoms with E-state index in [4.69, 9.17) is 14.2 Å². The summed E-state index contributed by atoms with van der Waals surface area (Å²) in [6, 6.07) is 35.1. The molecule has 0 bridgehead atoms. The molecule has 0 saturated carbocycles. The molecule has 0 unspecified atom stereocenters. The molecule has 6 rings (SSSR count). The molecule has 5 aromatic rings. The van der Waals surface area contributed by atoms with E-state index in [1.807, 2.05) is 56.3 Å². The number of carbonyl (C=O) groups excluding carboxylic acids is 1. The van der Waals surface area contributed by atoms with Crippen LogP contribution in [0.3, 0.4) is 0 Å². The van der Waals surface area contributed by atoms with Gasteiger partial charge in [0, 0.05) is 62.4 Å². The molecule has 1 aliphatic rings. The summed E-state index contributed by atoms with van der Waals surface area (Å²) in [6.07, 6.45) is 0.942. The number of benzene rings is 4. The molecule has 0 amide bonds. The molecule has 0 N–H and O–H groups in total. The number of aromatic nitrogens is 1. The minimum absolute atomic E-state index is 0.290. The normalized spacial score (nSPS) is 13.9. The smallest absolute Gasteiger partial charge is 0.340 e. The van der Waals surface area contributed by atoms with Gasteiger partial charge < -0.3 is 23.7 Å². The summed E-state index contributed by atoms with van der Waals surface area (Å²) >= 11 is 0. The second-order valence-electron chi connectivity index (χ2n) is 12.1. The van der Waals surface area contributed by atoms with Crippen molar-refractivity contribution in [3.8, 4) is 22.6 Å². The average Bonchev–Trinajstić information content (AvgIpc) is 3.38. The fourth-order valence-corrected chi connectivity index (χ4v) is 6.39. The summed E-state index contributed by atoms with van der Waals surface area (Å²) in [5.41, 5.74) is 6.09. The van der Waals surface area contributed by atoms with Crippen LogP contribution in [0.15, 0.2) is 103 Å². The van der Waals surface area contributed by atoms with E-state index >= 15 is 0 Å². The van der Waals surface area contributed by atoms with Gasteiger partial charge in [0.25, 0.3) is 0 Å². The van der Waals surface area contributed by atoms with Gasteiger partial charge in [-0.05, 0) is 67.3 Å². The number of hydrogen-bond donors (Lipinski definition) is 0. The summed E-state index contributed by atoms with van der Waals surface area (Å²) in [7, 11) is 0. The van der Waals surface area contributed by atoms with Crippen molar-refractivity contribution < 1.29 is 19.0 Å². The Labute approximate surface area is 278 Å². The number of piperazine rings is 1. The molecule has 7 heteroatoms. The fourth-order valence-electron chi connectivity index (χ4n) is 6.39. The minimum Gasteiger partial charge on any atom is -0.494 e. The Morgan fingerprint density at radius 3 is 2.11 bits per heavy atom. The molecule has 1 aromatic heterocycles. The monoisotopic (exact) mass is 631 g/mol. The Bertz CT molecular complexity index is 1740. The standard InChI is InChI=1S/C40H45N3O4/c1-3-45-40(44)39-31(2)43(30-32-12-6-4-7-13-32)38-19-18-36(29-37(38)39)46-26-11-20-41-21-23-42(24-22-41)25-27-47-35-17-10-16-34(28-35)33-14-8-5-9-15-33/h4-10,12-19,28-29H,3,11,20-27,30H2,1-2H3. The van der Waals surface area contributed by atoms with Crippen molar-refractivity contribution in [3.05, 3.63) is 120 Å². The maximum atomic E-state index is 13.0. The summed E-state index contributed by atoms with van der Waals surface area (Å²) in [4.78, 5) is 18.0. The van der Waals surface area contributed by atoms with Crippen molar-refractivity contribution in [2.45, 2.75) is 26.8 Å².